The minimum Gasteiger partial charge on any atom is -0.338 e. The van der Waals surface area contributed by atoms with Gasteiger partial charge >= 0.3 is 0 Å². The fourth-order valence-corrected chi connectivity index (χ4v) is 4.91. The number of amides is 1. The number of likely N-dealkylation sites (tertiary alicyclic amines) is 1. The van der Waals surface area contributed by atoms with Crippen LogP contribution < -0.4 is 5.73 Å². The van der Waals surface area contributed by atoms with Crippen molar-refractivity contribution in [3.8, 4) is 0 Å². The number of carbonyl (C=O) groups excluding carboxylic acids is 1. The average molecular weight is 481 g/mol. The first kappa shape index (κ1) is 27.1. The highest BCUT2D eigenvalue weighted by atomic mass is 16.2. The van der Waals surface area contributed by atoms with Crippen molar-refractivity contribution in [3.05, 3.63) is 47.7 Å². The van der Waals surface area contributed by atoms with Crippen LogP contribution in [0, 0.1) is 0 Å². The van der Waals surface area contributed by atoms with Crippen molar-refractivity contribution < 1.29 is 4.79 Å². The lowest BCUT2D eigenvalue weighted by Crippen LogP contribution is -2.53. The van der Waals surface area contributed by atoms with Gasteiger partial charge in [0, 0.05) is 63.6 Å². The Morgan fingerprint density at radius 1 is 1.06 bits per heavy atom. The summed E-state index contributed by atoms with van der Waals surface area (Å²) in [7, 11) is 0. The van der Waals surface area contributed by atoms with Gasteiger partial charge in [-0.1, -0.05) is 36.8 Å². The predicted octanol–water partition coefficient (Wildman–Crippen LogP) is 3.91. The molecule has 7 heteroatoms. The minimum absolute atomic E-state index is 0.0318. The van der Waals surface area contributed by atoms with Crippen molar-refractivity contribution >= 4 is 18.6 Å². The van der Waals surface area contributed by atoms with Crippen LogP contribution >= 0.6 is 0 Å². The summed E-state index contributed by atoms with van der Waals surface area (Å²) in [6.45, 7) is 15.9. The smallest absolute Gasteiger partial charge is 0.253 e. The van der Waals surface area contributed by atoms with Crippen LogP contribution in [0.2, 0.25) is 0 Å². The third-order valence-electron chi connectivity index (χ3n) is 7.31. The van der Waals surface area contributed by atoms with Crippen LogP contribution in [-0.2, 0) is 4.79 Å². The predicted molar refractivity (Wildman–Crippen MR) is 147 cm³/mol. The van der Waals surface area contributed by atoms with E-state index in [2.05, 4.69) is 41.1 Å². The zero-order chi connectivity index (χ0) is 25.0. The van der Waals surface area contributed by atoms with Gasteiger partial charge < -0.3 is 15.5 Å². The van der Waals surface area contributed by atoms with Crippen LogP contribution in [0.5, 0.6) is 0 Å². The van der Waals surface area contributed by atoms with E-state index in [0.29, 0.717) is 18.7 Å². The third-order valence-corrected chi connectivity index (χ3v) is 7.31. The fraction of sp³-hybridized carbons (Fsp3) is 0.607. The van der Waals surface area contributed by atoms with E-state index in [1.165, 1.54) is 24.8 Å². The van der Waals surface area contributed by atoms with Crippen LogP contribution in [0.15, 0.2) is 57.7 Å². The molecule has 0 bridgehead atoms. The van der Waals surface area contributed by atoms with Crippen molar-refractivity contribution in [2.75, 3.05) is 45.8 Å². The molecule has 0 unspecified atom stereocenters. The number of guanidine groups is 1. The molecule has 1 saturated carbocycles. The number of nitrogens with zero attached hydrogens (tertiary/aromatic N) is 5. The first-order valence-electron chi connectivity index (χ1n) is 13.2. The molecule has 0 aromatic heterocycles. The van der Waals surface area contributed by atoms with Gasteiger partial charge in [0.1, 0.15) is 0 Å². The number of hydrogen-bond acceptors (Lipinski definition) is 4. The Kier molecular flexibility index (Phi) is 10.9. The number of allylic oxidation sites excluding steroid dienone is 2. The number of aliphatic imine (C=N–C) groups is 2. The number of nitrogens with two attached hydrogens (primary N) is 1. The number of carbonyl (C=O) groups is 1. The number of rotatable bonds is 8. The van der Waals surface area contributed by atoms with Gasteiger partial charge in [0.15, 0.2) is 0 Å². The minimum atomic E-state index is 0.0318. The zero-order valence-corrected chi connectivity index (χ0v) is 21.6. The second-order valence-electron chi connectivity index (χ2n) is 9.89. The summed E-state index contributed by atoms with van der Waals surface area (Å²) in [4.78, 5) is 28.7. The fourth-order valence-electron chi connectivity index (χ4n) is 4.91. The maximum Gasteiger partial charge on any atom is 0.253 e. The second kappa shape index (κ2) is 14.1. The molecule has 0 radical (unpaired) electrons. The van der Waals surface area contributed by atoms with Crippen molar-refractivity contribution in [1.82, 2.24) is 14.7 Å². The van der Waals surface area contributed by atoms with Crippen LogP contribution in [-0.4, -0.2) is 85.1 Å². The Hall–Kier alpha value is -2.51. The summed E-state index contributed by atoms with van der Waals surface area (Å²) >= 11 is 0. The van der Waals surface area contributed by atoms with Crippen LogP contribution in [0.4, 0.5) is 0 Å². The monoisotopic (exact) mass is 480 g/mol. The Bertz CT molecular complexity index is 859. The molecule has 35 heavy (non-hydrogen) atoms. The summed E-state index contributed by atoms with van der Waals surface area (Å²) in [5.74, 6) is 0.752. The molecule has 7 nitrogen and oxygen atoms in total. The lowest BCUT2D eigenvalue weighted by atomic mass is 9.91. The largest absolute Gasteiger partial charge is 0.338 e. The average Bonchev–Trinajstić information content (AvgIpc) is 3.07. The van der Waals surface area contributed by atoms with Crippen molar-refractivity contribution in [2.24, 2.45) is 15.7 Å². The molecule has 1 aliphatic carbocycles. The molecule has 192 valence electrons. The van der Waals surface area contributed by atoms with Gasteiger partial charge in [-0.2, -0.15) is 0 Å². The highest BCUT2D eigenvalue weighted by Crippen LogP contribution is 2.25. The molecular weight excluding hydrogens is 436 g/mol. The van der Waals surface area contributed by atoms with Gasteiger partial charge in [0.25, 0.3) is 5.91 Å². The van der Waals surface area contributed by atoms with Crippen LogP contribution in [0.3, 0.4) is 0 Å². The second-order valence-corrected chi connectivity index (χ2v) is 9.89. The molecule has 0 aromatic rings. The standard InChI is InChI=1S/C28H44N6O/c1-23(9-5-4-6-14-29)21-24(2)27(35)33-15-8-10-25(13-16-33)22-31-28(30-3)34-19-17-32(18-20-34)26-11-7-12-26/h4,6,21-22,26H,2-3,5,7-20,29H2,1H3/b6-4-,23-21-,25-22+,31-28?. The summed E-state index contributed by atoms with van der Waals surface area (Å²) in [6.07, 6.45) is 16.5. The lowest BCUT2D eigenvalue weighted by molar-refractivity contribution is -0.126. The van der Waals surface area contributed by atoms with Crippen molar-refractivity contribution in [3.63, 3.8) is 0 Å². The molecule has 2 N–H and O–H groups in total. The van der Waals surface area contributed by atoms with Crippen LogP contribution in [0.1, 0.15) is 58.3 Å². The van der Waals surface area contributed by atoms with E-state index in [4.69, 9.17) is 10.7 Å². The number of hydrogen-bond donors (Lipinski definition) is 1. The Morgan fingerprint density at radius 2 is 1.83 bits per heavy atom. The molecule has 2 aliphatic heterocycles. The molecular formula is C28H44N6O. The normalized spacial score (nSPS) is 22.4. The zero-order valence-electron chi connectivity index (χ0n) is 21.6. The maximum absolute atomic E-state index is 13.0. The van der Waals surface area contributed by atoms with E-state index < -0.39 is 0 Å². The lowest BCUT2D eigenvalue weighted by Gasteiger charge is -2.43. The van der Waals surface area contributed by atoms with Crippen LogP contribution in [0.25, 0.3) is 0 Å². The summed E-state index contributed by atoms with van der Waals surface area (Å²) in [6, 6.07) is 0.793. The molecule has 2 saturated heterocycles. The van der Waals surface area contributed by atoms with E-state index in [-0.39, 0.29) is 5.91 Å². The van der Waals surface area contributed by atoms with Gasteiger partial charge in [0.05, 0.1) is 0 Å². The maximum atomic E-state index is 13.0. The topological polar surface area (TPSA) is 77.5 Å². The van der Waals surface area contributed by atoms with E-state index in [9.17, 15) is 4.79 Å². The third kappa shape index (κ3) is 8.29. The first-order valence-corrected chi connectivity index (χ1v) is 13.2. The molecule has 1 amide bonds. The van der Waals surface area contributed by atoms with E-state index in [0.717, 1.165) is 82.4 Å². The Labute approximate surface area is 211 Å². The summed E-state index contributed by atoms with van der Waals surface area (Å²) in [5, 5.41) is 0. The molecule has 0 aromatic carbocycles. The quantitative estimate of drug-likeness (QED) is 0.188. The molecule has 2 heterocycles. The van der Waals surface area contributed by atoms with E-state index in [1.54, 1.807) is 0 Å². The van der Waals surface area contributed by atoms with Gasteiger partial charge in [0.2, 0.25) is 5.96 Å². The van der Waals surface area contributed by atoms with E-state index >= 15 is 0 Å². The summed E-state index contributed by atoms with van der Waals surface area (Å²) in [5.41, 5.74) is 8.46. The molecule has 3 aliphatic rings. The van der Waals surface area contributed by atoms with Gasteiger partial charge in [-0.25, -0.2) is 9.98 Å². The van der Waals surface area contributed by atoms with Gasteiger partial charge in [-0.15, -0.1) is 0 Å². The highest BCUT2D eigenvalue weighted by molar-refractivity contribution is 5.95. The van der Waals surface area contributed by atoms with Gasteiger partial charge in [-0.3, -0.25) is 9.69 Å². The Morgan fingerprint density at radius 3 is 2.49 bits per heavy atom. The molecule has 3 rings (SSSR count). The highest BCUT2D eigenvalue weighted by Gasteiger charge is 2.28. The molecule has 0 atom stereocenters. The van der Waals surface area contributed by atoms with Gasteiger partial charge in [-0.05, 0) is 64.2 Å². The van der Waals surface area contributed by atoms with Crippen molar-refractivity contribution in [2.45, 2.75) is 64.3 Å². The van der Waals surface area contributed by atoms with Crippen molar-refractivity contribution in [1.29, 1.82) is 0 Å². The Balaban J connectivity index is 1.49. The number of piperazine rings is 1. The van der Waals surface area contributed by atoms with E-state index in [1.807, 2.05) is 23.3 Å². The SMILES string of the molecule is C=NC(=N/C=C1\CCCN(C(=O)C(=C)/C=C(/C)CC/C=C\CN)CC1)N1CCN(C2CCC2)CC1. The molecule has 3 fully saturated rings. The summed E-state index contributed by atoms with van der Waals surface area (Å²) < 4.78 is 0. The first-order chi connectivity index (χ1) is 17.0. The molecule has 0 spiro atoms.